The summed E-state index contributed by atoms with van der Waals surface area (Å²) in [7, 11) is 0. The smallest absolute Gasteiger partial charge is 0.419 e. The zero-order valence-electron chi connectivity index (χ0n) is 13.8. The highest BCUT2D eigenvalue weighted by Gasteiger charge is 2.33. The number of halogens is 4. The van der Waals surface area contributed by atoms with Crippen LogP contribution in [0.5, 0.6) is 11.6 Å². The third-order valence-electron chi connectivity index (χ3n) is 3.17. The van der Waals surface area contributed by atoms with Gasteiger partial charge in [0, 0.05) is 6.07 Å². The number of pyridine rings is 1. The molecule has 140 valence electrons. The SMILES string of the molecule is CCOc1ccc(Cl)c(C(=O)NCCOc2ccccc2C(F)(F)F)n1. The number of para-hydroxylation sites is 1. The van der Waals surface area contributed by atoms with Gasteiger partial charge in [-0.1, -0.05) is 23.7 Å². The van der Waals surface area contributed by atoms with Crippen LogP contribution in [0.1, 0.15) is 23.0 Å². The molecule has 5 nitrogen and oxygen atoms in total. The summed E-state index contributed by atoms with van der Waals surface area (Å²) in [5.74, 6) is -0.634. The van der Waals surface area contributed by atoms with E-state index >= 15 is 0 Å². The number of aromatic nitrogens is 1. The van der Waals surface area contributed by atoms with Crippen LogP contribution in [0, 0.1) is 0 Å². The van der Waals surface area contributed by atoms with Crippen LogP contribution in [-0.4, -0.2) is 30.6 Å². The fraction of sp³-hybridized carbons (Fsp3) is 0.294. The molecule has 9 heteroatoms. The predicted molar refractivity (Wildman–Crippen MR) is 89.7 cm³/mol. The van der Waals surface area contributed by atoms with Gasteiger partial charge in [0.15, 0.2) is 5.69 Å². The molecule has 0 saturated heterocycles. The fourth-order valence-electron chi connectivity index (χ4n) is 2.05. The van der Waals surface area contributed by atoms with Gasteiger partial charge >= 0.3 is 6.18 Å². The minimum absolute atomic E-state index is 0.0259. The van der Waals surface area contributed by atoms with Gasteiger partial charge in [-0.05, 0) is 25.1 Å². The van der Waals surface area contributed by atoms with E-state index in [1.807, 2.05) is 0 Å². The standard InChI is InChI=1S/C17H16ClF3N2O3/c1-2-25-14-8-7-12(18)15(23-14)16(24)22-9-10-26-13-6-4-3-5-11(13)17(19,20)21/h3-8H,2,9-10H2,1H3,(H,22,24). The van der Waals surface area contributed by atoms with E-state index in [1.54, 1.807) is 6.92 Å². The lowest BCUT2D eigenvalue weighted by atomic mass is 10.2. The Balaban J connectivity index is 1.93. The molecule has 0 radical (unpaired) electrons. The third kappa shape index (κ3) is 5.26. The van der Waals surface area contributed by atoms with Gasteiger partial charge in [0.05, 0.1) is 23.7 Å². The van der Waals surface area contributed by atoms with E-state index in [-0.39, 0.29) is 35.5 Å². The quantitative estimate of drug-likeness (QED) is 0.729. The second-order valence-corrected chi connectivity index (χ2v) is 5.42. The number of ether oxygens (including phenoxy) is 2. The van der Waals surface area contributed by atoms with Crippen molar-refractivity contribution in [3.8, 4) is 11.6 Å². The summed E-state index contributed by atoms with van der Waals surface area (Å²) >= 11 is 5.94. The minimum atomic E-state index is -4.52. The second-order valence-electron chi connectivity index (χ2n) is 5.01. The molecule has 1 N–H and O–H groups in total. The summed E-state index contributed by atoms with van der Waals surface area (Å²) in [6, 6.07) is 7.86. The summed E-state index contributed by atoms with van der Waals surface area (Å²) in [5, 5.41) is 2.62. The molecule has 1 aromatic carbocycles. The van der Waals surface area contributed by atoms with Gasteiger partial charge in [0.1, 0.15) is 12.4 Å². The molecule has 0 unspecified atom stereocenters. The van der Waals surface area contributed by atoms with E-state index < -0.39 is 17.6 Å². The van der Waals surface area contributed by atoms with Crippen molar-refractivity contribution in [2.75, 3.05) is 19.8 Å². The maximum atomic E-state index is 12.9. The first kappa shape index (κ1) is 19.8. The number of hydrogen-bond acceptors (Lipinski definition) is 4. The number of hydrogen-bond donors (Lipinski definition) is 1. The van der Waals surface area contributed by atoms with Crippen molar-refractivity contribution in [1.29, 1.82) is 0 Å². The van der Waals surface area contributed by atoms with Gasteiger partial charge in [-0.3, -0.25) is 4.79 Å². The zero-order chi connectivity index (χ0) is 19.2. The molecule has 2 rings (SSSR count). The number of alkyl halides is 3. The van der Waals surface area contributed by atoms with Gasteiger partial charge in [0.2, 0.25) is 5.88 Å². The summed E-state index contributed by atoms with van der Waals surface area (Å²) in [6.45, 7) is 1.97. The van der Waals surface area contributed by atoms with E-state index in [2.05, 4.69) is 10.3 Å². The highest BCUT2D eigenvalue weighted by molar-refractivity contribution is 6.33. The highest BCUT2D eigenvalue weighted by Crippen LogP contribution is 2.35. The number of carbonyl (C=O) groups excluding carboxylic acids is 1. The first-order chi connectivity index (χ1) is 12.3. The van der Waals surface area contributed by atoms with Crippen molar-refractivity contribution in [3.05, 3.63) is 52.7 Å². The fourth-order valence-corrected chi connectivity index (χ4v) is 2.24. The number of nitrogens with one attached hydrogen (secondary N) is 1. The molecule has 0 aliphatic carbocycles. The molecule has 1 amide bonds. The highest BCUT2D eigenvalue weighted by atomic mass is 35.5. The molecule has 0 bridgehead atoms. The van der Waals surface area contributed by atoms with Gasteiger partial charge in [-0.2, -0.15) is 13.2 Å². The maximum Gasteiger partial charge on any atom is 0.419 e. The van der Waals surface area contributed by atoms with Crippen molar-refractivity contribution >= 4 is 17.5 Å². The van der Waals surface area contributed by atoms with Crippen molar-refractivity contribution < 1.29 is 27.4 Å². The molecule has 26 heavy (non-hydrogen) atoms. The topological polar surface area (TPSA) is 60.5 Å². The third-order valence-corrected chi connectivity index (χ3v) is 3.47. The zero-order valence-corrected chi connectivity index (χ0v) is 14.5. The molecule has 1 aromatic heterocycles. The van der Waals surface area contributed by atoms with Crippen LogP contribution in [0.3, 0.4) is 0 Å². The maximum absolute atomic E-state index is 12.9. The number of amides is 1. The van der Waals surface area contributed by atoms with Gasteiger partial charge in [-0.25, -0.2) is 4.98 Å². The van der Waals surface area contributed by atoms with Crippen LogP contribution in [-0.2, 0) is 6.18 Å². The van der Waals surface area contributed by atoms with Gasteiger partial charge < -0.3 is 14.8 Å². The average molecular weight is 389 g/mol. The van der Waals surface area contributed by atoms with Crippen LogP contribution in [0.4, 0.5) is 13.2 Å². The lowest BCUT2D eigenvalue weighted by molar-refractivity contribution is -0.138. The van der Waals surface area contributed by atoms with Crippen LogP contribution in [0.2, 0.25) is 5.02 Å². The summed E-state index contributed by atoms with van der Waals surface area (Å²) in [4.78, 5) is 16.1. The first-order valence-electron chi connectivity index (χ1n) is 7.69. The Bertz CT molecular complexity index is 769. The average Bonchev–Trinajstić information content (AvgIpc) is 2.60. The Morgan fingerprint density at radius 2 is 1.92 bits per heavy atom. The van der Waals surface area contributed by atoms with Crippen LogP contribution < -0.4 is 14.8 Å². The Kier molecular flexibility index (Phi) is 6.68. The molecule has 0 fully saturated rings. The lowest BCUT2D eigenvalue weighted by Gasteiger charge is -2.14. The minimum Gasteiger partial charge on any atom is -0.491 e. The predicted octanol–water partition coefficient (Wildman–Crippen LogP) is 3.96. The van der Waals surface area contributed by atoms with E-state index in [0.29, 0.717) is 6.61 Å². The molecule has 0 aliphatic rings. The molecule has 1 heterocycles. The number of carbonyl (C=O) groups is 1. The normalized spacial score (nSPS) is 11.1. The number of rotatable bonds is 7. The second kappa shape index (κ2) is 8.75. The van der Waals surface area contributed by atoms with Gasteiger partial charge in [-0.15, -0.1) is 0 Å². The first-order valence-corrected chi connectivity index (χ1v) is 8.07. The van der Waals surface area contributed by atoms with Crippen LogP contribution in [0.15, 0.2) is 36.4 Å². The van der Waals surface area contributed by atoms with Crippen molar-refractivity contribution in [3.63, 3.8) is 0 Å². The van der Waals surface area contributed by atoms with E-state index in [1.165, 1.54) is 30.3 Å². The lowest BCUT2D eigenvalue weighted by Crippen LogP contribution is -2.29. The molecular formula is C17H16ClF3N2O3. The largest absolute Gasteiger partial charge is 0.491 e. The Morgan fingerprint density at radius 1 is 1.19 bits per heavy atom. The Hall–Kier alpha value is -2.48. The summed E-state index contributed by atoms with van der Waals surface area (Å²) in [6.07, 6.45) is -4.52. The van der Waals surface area contributed by atoms with E-state index in [9.17, 15) is 18.0 Å². The van der Waals surface area contributed by atoms with Crippen LogP contribution >= 0.6 is 11.6 Å². The summed E-state index contributed by atoms with van der Waals surface area (Å²) in [5.41, 5.74) is -0.909. The summed E-state index contributed by atoms with van der Waals surface area (Å²) < 4.78 is 48.9. The molecule has 0 aliphatic heterocycles. The molecule has 0 spiro atoms. The Labute approximate surface area is 153 Å². The van der Waals surface area contributed by atoms with Crippen LogP contribution in [0.25, 0.3) is 0 Å². The van der Waals surface area contributed by atoms with E-state index in [4.69, 9.17) is 21.1 Å². The molecular weight excluding hydrogens is 373 g/mol. The molecule has 2 aromatic rings. The van der Waals surface area contributed by atoms with Gasteiger partial charge in [0.25, 0.3) is 5.91 Å². The van der Waals surface area contributed by atoms with Crippen molar-refractivity contribution in [1.82, 2.24) is 10.3 Å². The molecule has 0 saturated carbocycles. The van der Waals surface area contributed by atoms with E-state index in [0.717, 1.165) is 6.07 Å². The molecule has 0 atom stereocenters. The van der Waals surface area contributed by atoms with Crippen molar-refractivity contribution in [2.24, 2.45) is 0 Å². The monoisotopic (exact) mass is 388 g/mol. The number of nitrogens with zero attached hydrogens (tertiary/aromatic N) is 1. The number of benzene rings is 1. The van der Waals surface area contributed by atoms with Crippen molar-refractivity contribution in [2.45, 2.75) is 13.1 Å². The Morgan fingerprint density at radius 3 is 2.62 bits per heavy atom.